The average Bonchev–Trinajstić information content (AvgIpc) is 2.38. The van der Waals surface area contributed by atoms with Crippen LogP contribution in [0, 0.1) is 0 Å². The molecule has 120 valence electrons. The van der Waals surface area contributed by atoms with Crippen LogP contribution in [0.2, 0.25) is 0 Å². The molecule has 4 heteroatoms. The number of benzene rings is 1. The third-order valence-electron chi connectivity index (χ3n) is 3.89. The van der Waals surface area contributed by atoms with Gasteiger partial charge in [0.2, 0.25) is 10.0 Å². The smallest absolute Gasteiger partial charge is 0.213 e. The van der Waals surface area contributed by atoms with E-state index in [1.807, 2.05) is 0 Å². The minimum Gasteiger partial charge on any atom is -0.214 e. The fraction of sp³-hybridized carbons (Fsp3) is 0.647. The summed E-state index contributed by atoms with van der Waals surface area (Å²) in [6.07, 6.45) is 0.912. The first-order valence-electron chi connectivity index (χ1n) is 7.67. The Balaban J connectivity index is 2.82. The third-order valence-corrected chi connectivity index (χ3v) is 5.70. The lowest BCUT2D eigenvalue weighted by atomic mass is 9.85. The van der Waals surface area contributed by atoms with Crippen LogP contribution in [-0.2, 0) is 15.4 Å². The molecule has 0 saturated heterocycles. The van der Waals surface area contributed by atoms with E-state index in [2.05, 4.69) is 56.7 Å². The standard InChI is InChI=1S/C17H29NO2S/c1-7-14(12-18-21(19,20)13(2)3)15-8-10-16(11-9-15)17(4,5)6/h8-11,13-14,18H,7,12H2,1-6H3/t14-/m1/s1. The zero-order chi connectivity index (χ0) is 16.3. The van der Waals surface area contributed by atoms with Gasteiger partial charge in [-0.05, 0) is 42.7 Å². The van der Waals surface area contributed by atoms with E-state index >= 15 is 0 Å². The predicted octanol–water partition coefficient (Wildman–Crippen LogP) is 3.81. The summed E-state index contributed by atoms with van der Waals surface area (Å²) in [5, 5.41) is -0.390. The molecule has 0 spiro atoms. The highest BCUT2D eigenvalue weighted by Gasteiger charge is 2.19. The Hall–Kier alpha value is -0.870. The lowest BCUT2D eigenvalue weighted by Crippen LogP contribution is -2.33. The molecule has 0 aliphatic rings. The number of hydrogen-bond acceptors (Lipinski definition) is 2. The molecule has 0 radical (unpaired) electrons. The summed E-state index contributed by atoms with van der Waals surface area (Å²) >= 11 is 0. The number of rotatable bonds is 6. The minimum absolute atomic E-state index is 0.138. The molecule has 0 amide bonds. The molecule has 0 aliphatic heterocycles. The van der Waals surface area contributed by atoms with E-state index in [1.165, 1.54) is 11.1 Å². The first-order valence-corrected chi connectivity index (χ1v) is 9.21. The Morgan fingerprint density at radius 2 is 1.62 bits per heavy atom. The Bertz CT molecular complexity index is 539. The van der Waals surface area contributed by atoms with E-state index in [-0.39, 0.29) is 11.3 Å². The number of hydrogen-bond donors (Lipinski definition) is 1. The van der Waals surface area contributed by atoms with Crippen LogP contribution >= 0.6 is 0 Å². The molecule has 0 bridgehead atoms. The van der Waals surface area contributed by atoms with Crippen molar-refractivity contribution in [2.75, 3.05) is 6.54 Å². The van der Waals surface area contributed by atoms with Crippen molar-refractivity contribution in [3.8, 4) is 0 Å². The summed E-state index contributed by atoms with van der Waals surface area (Å²) in [6.45, 7) is 12.5. The van der Waals surface area contributed by atoms with Crippen molar-refractivity contribution in [1.29, 1.82) is 0 Å². The van der Waals surface area contributed by atoms with Gasteiger partial charge in [0.05, 0.1) is 5.25 Å². The maximum Gasteiger partial charge on any atom is 0.213 e. The third kappa shape index (κ3) is 5.11. The van der Waals surface area contributed by atoms with Gasteiger partial charge in [-0.15, -0.1) is 0 Å². The molecule has 0 aliphatic carbocycles. The van der Waals surface area contributed by atoms with Crippen molar-refractivity contribution in [1.82, 2.24) is 4.72 Å². The quantitative estimate of drug-likeness (QED) is 0.868. The van der Waals surface area contributed by atoms with E-state index in [0.717, 1.165) is 6.42 Å². The second kappa shape index (κ2) is 6.93. The molecular weight excluding hydrogens is 282 g/mol. The SMILES string of the molecule is CC[C@H](CNS(=O)(=O)C(C)C)c1ccc(C(C)(C)C)cc1. The topological polar surface area (TPSA) is 46.2 Å². The first-order chi connectivity index (χ1) is 9.58. The van der Waals surface area contributed by atoms with Crippen molar-refractivity contribution in [3.63, 3.8) is 0 Å². The summed E-state index contributed by atoms with van der Waals surface area (Å²) < 4.78 is 26.4. The van der Waals surface area contributed by atoms with Crippen LogP contribution < -0.4 is 4.72 Å². The fourth-order valence-corrected chi connectivity index (χ4v) is 2.90. The summed E-state index contributed by atoms with van der Waals surface area (Å²) in [7, 11) is -3.19. The summed E-state index contributed by atoms with van der Waals surface area (Å²) in [5.74, 6) is 0.215. The lowest BCUT2D eigenvalue weighted by Gasteiger charge is -2.21. The van der Waals surface area contributed by atoms with E-state index in [4.69, 9.17) is 0 Å². The Labute approximate surface area is 130 Å². The highest BCUT2D eigenvalue weighted by Crippen LogP contribution is 2.25. The molecule has 1 rings (SSSR count). The monoisotopic (exact) mass is 311 g/mol. The predicted molar refractivity (Wildman–Crippen MR) is 90.2 cm³/mol. The van der Waals surface area contributed by atoms with Gasteiger partial charge in [-0.1, -0.05) is 52.0 Å². The van der Waals surface area contributed by atoms with Crippen molar-refractivity contribution >= 4 is 10.0 Å². The van der Waals surface area contributed by atoms with Crippen molar-refractivity contribution in [2.24, 2.45) is 0 Å². The molecular formula is C17H29NO2S. The molecule has 0 fully saturated rings. The Morgan fingerprint density at radius 3 is 2.00 bits per heavy atom. The largest absolute Gasteiger partial charge is 0.214 e. The van der Waals surface area contributed by atoms with Crippen molar-refractivity contribution in [2.45, 2.75) is 64.5 Å². The molecule has 0 aromatic heterocycles. The molecule has 0 saturated carbocycles. The maximum absolute atomic E-state index is 11.9. The first kappa shape index (κ1) is 18.2. The van der Waals surface area contributed by atoms with Gasteiger partial charge in [-0.2, -0.15) is 0 Å². The number of nitrogens with one attached hydrogen (secondary N) is 1. The van der Waals surface area contributed by atoms with Crippen LogP contribution in [0.4, 0.5) is 0 Å². The van der Waals surface area contributed by atoms with E-state index in [0.29, 0.717) is 6.54 Å². The summed E-state index contributed by atoms with van der Waals surface area (Å²) in [6, 6.07) is 8.54. The van der Waals surface area contributed by atoms with Gasteiger partial charge in [-0.3, -0.25) is 0 Å². The van der Waals surface area contributed by atoms with Gasteiger partial charge in [0, 0.05) is 6.54 Å². The lowest BCUT2D eigenvalue weighted by molar-refractivity contribution is 0.557. The second-order valence-electron chi connectivity index (χ2n) is 6.92. The fourth-order valence-electron chi connectivity index (χ4n) is 2.14. The summed E-state index contributed by atoms with van der Waals surface area (Å²) in [5.41, 5.74) is 2.63. The van der Waals surface area contributed by atoms with Crippen LogP contribution in [0.25, 0.3) is 0 Å². The molecule has 0 unspecified atom stereocenters. The van der Waals surface area contributed by atoms with E-state index in [9.17, 15) is 8.42 Å². The van der Waals surface area contributed by atoms with Crippen LogP contribution in [0.3, 0.4) is 0 Å². The Kier molecular flexibility index (Phi) is 6.00. The van der Waals surface area contributed by atoms with E-state index < -0.39 is 15.3 Å². The molecule has 0 heterocycles. The van der Waals surface area contributed by atoms with E-state index in [1.54, 1.807) is 13.8 Å². The van der Waals surface area contributed by atoms with Gasteiger partial charge in [0.15, 0.2) is 0 Å². The summed E-state index contributed by atoms with van der Waals surface area (Å²) in [4.78, 5) is 0. The molecule has 1 N–H and O–H groups in total. The van der Waals surface area contributed by atoms with Gasteiger partial charge in [0.25, 0.3) is 0 Å². The van der Waals surface area contributed by atoms with Crippen molar-refractivity contribution in [3.05, 3.63) is 35.4 Å². The minimum atomic E-state index is -3.19. The highest BCUT2D eigenvalue weighted by molar-refractivity contribution is 7.90. The van der Waals surface area contributed by atoms with Gasteiger partial charge < -0.3 is 0 Å². The number of sulfonamides is 1. The maximum atomic E-state index is 11.9. The second-order valence-corrected chi connectivity index (χ2v) is 9.24. The van der Waals surface area contributed by atoms with Gasteiger partial charge >= 0.3 is 0 Å². The average molecular weight is 311 g/mol. The highest BCUT2D eigenvalue weighted by atomic mass is 32.2. The Morgan fingerprint density at radius 1 is 1.10 bits per heavy atom. The molecule has 1 atom stereocenters. The van der Waals surface area contributed by atoms with Gasteiger partial charge in [0.1, 0.15) is 0 Å². The van der Waals surface area contributed by atoms with Crippen LogP contribution in [-0.4, -0.2) is 20.2 Å². The normalized spacial score (nSPS) is 14.4. The molecule has 1 aromatic rings. The van der Waals surface area contributed by atoms with Crippen LogP contribution in [0.15, 0.2) is 24.3 Å². The molecule has 21 heavy (non-hydrogen) atoms. The zero-order valence-corrected chi connectivity index (χ0v) is 14.9. The zero-order valence-electron chi connectivity index (χ0n) is 14.1. The van der Waals surface area contributed by atoms with Crippen LogP contribution in [0.1, 0.15) is 65.0 Å². The van der Waals surface area contributed by atoms with Gasteiger partial charge in [-0.25, -0.2) is 13.1 Å². The molecule has 1 aromatic carbocycles. The van der Waals surface area contributed by atoms with Crippen molar-refractivity contribution < 1.29 is 8.42 Å². The molecule has 3 nitrogen and oxygen atoms in total. The van der Waals surface area contributed by atoms with Crippen LogP contribution in [0.5, 0.6) is 0 Å².